The van der Waals surface area contributed by atoms with E-state index < -0.39 is 0 Å². The summed E-state index contributed by atoms with van der Waals surface area (Å²) in [5, 5.41) is 0. The third-order valence-electron chi connectivity index (χ3n) is 2.60. The number of hydrogen-bond acceptors (Lipinski definition) is 2. The molecule has 1 aromatic carbocycles. The molecule has 0 aliphatic rings. The molecule has 0 saturated heterocycles. The van der Waals surface area contributed by atoms with Crippen LogP contribution in [0.25, 0.3) is 11.3 Å². The van der Waals surface area contributed by atoms with Crippen LogP contribution in [-0.2, 0) is 13.5 Å². The molecule has 2 N–H and O–H groups in total. The Morgan fingerprint density at radius 1 is 1.44 bits per heavy atom. The van der Waals surface area contributed by atoms with E-state index in [9.17, 15) is 0 Å². The molecule has 2 rings (SSSR count). The van der Waals surface area contributed by atoms with Crippen LogP contribution in [0.3, 0.4) is 0 Å². The van der Waals surface area contributed by atoms with Crippen molar-refractivity contribution in [1.29, 1.82) is 0 Å². The molecule has 0 aliphatic heterocycles. The van der Waals surface area contributed by atoms with E-state index in [4.69, 9.17) is 5.73 Å². The Morgan fingerprint density at radius 2 is 2.25 bits per heavy atom. The van der Waals surface area contributed by atoms with E-state index >= 15 is 0 Å². The first-order chi connectivity index (χ1) is 7.66. The number of benzene rings is 1. The first kappa shape index (κ1) is 10.9. The van der Waals surface area contributed by atoms with Gasteiger partial charge >= 0.3 is 0 Å². The van der Waals surface area contributed by atoms with Crippen molar-refractivity contribution in [1.82, 2.24) is 9.55 Å². The Morgan fingerprint density at radius 3 is 2.88 bits per heavy atom. The van der Waals surface area contributed by atoms with Crippen molar-refractivity contribution < 1.29 is 0 Å². The fraction of sp³-hybridized carbons (Fsp3) is 0.308. The summed E-state index contributed by atoms with van der Waals surface area (Å²) in [7, 11) is 2.00. The van der Waals surface area contributed by atoms with Crippen LogP contribution < -0.4 is 5.73 Å². The molecule has 0 saturated carbocycles. The zero-order valence-electron chi connectivity index (χ0n) is 9.72. The molecule has 3 heteroatoms. The van der Waals surface area contributed by atoms with Crippen LogP contribution in [0.1, 0.15) is 12.5 Å². The molecule has 0 radical (unpaired) electrons. The van der Waals surface area contributed by atoms with Gasteiger partial charge in [0.05, 0.1) is 18.2 Å². The maximum Gasteiger partial charge on any atom is 0.0948 e. The van der Waals surface area contributed by atoms with Gasteiger partial charge in [-0.3, -0.25) is 0 Å². The second-order valence-electron chi connectivity index (χ2n) is 4.27. The fourth-order valence-electron chi connectivity index (χ4n) is 1.86. The highest BCUT2D eigenvalue weighted by Gasteiger charge is 2.04. The summed E-state index contributed by atoms with van der Waals surface area (Å²) in [4.78, 5) is 4.13. The molecule has 0 spiro atoms. The first-order valence-corrected chi connectivity index (χ1v) is 5.48. The molecule has 1 unspecified atom stereocenters. The number of rotatable bonds is 3. The van der Waals surface area contributed by atoms with E-state index in [-0.39, 0.29) is 6.04 Å². The molecule has 0 bridgehead atoms. The molecule has 2 aromatic rings. The lowest BCUT2D eigenvalue weighted by Gasteiger charge is -2.08. The van der Waals surface area contributed by atoms with Crippen LogP contribution in [0.2, 0.25) is 0 Å². The molecule has 1 aromatic heterocycles. The van der Waals surface area contributed by atoms with E-state index in [2.05, 4.69) is 29.2 Å². The van der Waals surface area contributed by atoms with Gasteiger partial charge in [0.25, 0.3) is 0 Å². The Balaban J connectivity index is 2.33. The zero-order chi connectivity index (χ0) is 11.5. The van der Waals surface area contributed by atoms with Crippen molar-refractivity contribution in [3.63, 3.8) is 0 Å². The van der Waals surface area contributed by atoms with E-state index in [1.807, 2.05) is 31.1 Å². The Labute approximate surface area is 95.9 Å². The second-order valence-corrected chi connectivity index (χ2v) is 4.27. The highest BCUT2D eigenvalue weighted by atomic mass is 15.0. The summed E-state index contributed by atoms with van der Waals surface area (Å²) in [5.74, 6) is 0. The van der Waals surface area contributed by atoms with Gasteiger partial charge in [0.2, 0.25) is 0 Å². The summed E-state index contributed by atoms with van der Waals surface area (Å²) >= 11 is 0. The van der Waals surface area contributed by atoms with E-state index in [0.717, 1.165) is 12.1 Å². The normalized spacial score (nSPS) is 12.7. The number of hydrogen-bond donors (Lipinski definition) is 1. The molecule has 0 amide bonds. The second kappa shape index (κ2) is 4.49. The van der Waals surface area contributed by atoms with E-state index in [1.54, 1.807) is 0 Å². The minimum atomic E-state index is 0.196. The predicted molar refractivity (Wildman–Crippen MR) is 66.0 cm³/mol. The topological polar surface area (TPSA) is 43.8 Å². The number of nitrogens with two attached hydrogens (primary N) is 1. The molecule has 84 valence electrons. The van der Waals surface area contributed by atoms with Gasteiger partial charge in [-0.05, 0) is 25.0 Å². The summed E-state index contributed by atoms with van der Waals surface area (Å²) in [6.07, 6.45) is 4.60. The molecular weight excluding hydrogens is 198 g/mol. The molecule has 3 nitrogen and oxygen atoms in total. The number of nitrogens with zero attached hydrogens (tertiary/aromatic N) is 2. The monoisotopic (exact) mass is 215 g/mol. The zero-order valence-corrected chi connectivity index (χ0v) is 9.72. The van der Waals surface area contributed by atoms with Gasteiger partial charge in [0.15, 0.2) is 0 Å². The standard InChI is InChI=1S/C13H17N3/c1-10(14)6-11-4-3-5-12(7-11)13-8-15-9-16(13)2/h3-5,7-10H,6,14H2,1-2H3. The van der Waals surface area contributed by atoms with Crippen molar-refractivity contribution in [3.05, 3.63) is 42.4 Å². The Hall–Kier alpha value is -1.61. The van der Waals surface area contributed by atoms with Crippen molar-refractivity contribution in [2.24, 2.45) is 12.8 Å². The van der Waals surface area contributed by atoms with Gasteiger partial charge in [-0.25, -0.2) is 4.98 Å². The molecule has 16 heavy (non-hydrogen) atoms. The van der Waals surface area contributed by atoms with Gasteiger partial charge in [-0.1, -0.05) is 18.2 Å². The van der Waals surface area contributed by atoms with Crippen LogP contribution >= 0.6 is 0 Å². The Bertz CT molecular complexity index is 472. The lowest BCUT2D eigenvalue weighted by Crippen LogP contribution is -2.17. The summed E-state index contributed by atoms with van der Waals surface area (Å²) < 4.78 is 2.02. The van der Waals surface area contributed by atoms with Crippen LogP contribution in [0, 0.1) is 0 Å². The third kappa shape index (κ3) is 2.31. The predicted octanol–water partition coefficient (Wildman–Crippen LogP) is 1.98. The maximum absolute atomic E-state index is 5.81. The van der Waals surface area contributed by atoms with Gasteiger partial charge in [-0.2, -0.15) is 0 Å². The van der Waals surface area contributed by atoms with Crippen molar-refractivity contribution in [3.8, 4) is 11.3 Å². The molecule has 0 aliphatic carbocycles. The highest BCUT2D eigenvalue weighted by Crippen LogP contribution is 2.19. The maximum atomic E-state index is 5.81. The molecule has 1 heterocycles. The molecular formula is C13H17N3. The largest absolute Gasteiger partial charge is 0.334 e. The Kier molecular flexibility index (Phi) is 3.06. The lowest BCUT2D eigenvalue weighted by molar-refractivity contribution is 0.738. The quantitative estimate of drug-likeness (QED) is 0.850. The van der Waals surface area contributed by atoms with Crippen LogP contribution in [0.4, 0.5) is 0 Å². The minimum Gasteiger partial charge on any atom is -0.334 e. The van der Waals surface area contributed by atoms with Gasteiger partial charge in [0, 0.05) is 18.7 Å². The number of aromatic nitrogens is 2. The molecule has 1 atom stereocenters. The smallest absolute Gasteiger partial charge is 0.0948 e. The van der Waals surface area contributed by atoms with Gasteiger partial charge < -0.3 is 10.3 Å². The minimum absolute atomic E-state index is 0.196. The van der Waals surface area contributed by atoms with Crippen molar-refractivity contribution >= 4 is 0 Å². The average Bonchev–Trinajstić information content (AvgIpc) is 2.64. The third-order valence-corrected chi connectivity index (χ3v) is 2.60. The van der Waals surface area contributed by atoms with Crippen LogP contribution in [-0.4, -0.2) is 15.6 Å². The first-order valence-electron chi connectivity index (χ1n) is 5.48. The SMILES string of the molecule is CC(N)Cc1cccc(-c2cncn2C)c1. The van der Waals surface area contributed by atoms with E-state index in [0.29, 0.717) is 0 Å². The van der Waals surface area contributed by atoms with Crippen LogP contribution in [0.5, 0.6) is 0 Å². The lowest BCUT2D eigenvalue weighted by atomic mass is 10.0. The van der Waals surface area contributed by atoms with Crippen LogP contribution in [0.15, 0.2) is 36.8 Å². The van der Waals surface area contributed by atoms with Crippen molar-refractivity contribution in [2.75, 3.05) is 0 Å². The summed E-state index contributed by atoms with van der Waals surface area (Å²) in [6, 6.07) is 8.66. The number of imidazole rings is 1. The van der Waals surface area contributed by atoms with Gasteiger partial charge in [0.1, 0.15) is 0 Å². The average molecular weight is 215 g/mol. The highest BCUT2D eigenvalue weighted by molar-refractivity contribution is 5.59. The molecule has 0 fully saturated rings. The summed E-state index contributed by atoms with van der Waals surface area (Å²) in [6.45, 7) is 2.02. The van der Waals surface area contributed by atoms with Gasteiger partial charge in [-0.15, -0.1) is 0 Å². The van der Waals surface area contributed by atoms with E-state index in [1.165, 1.54) is 11.1 Å². The van der Waals surface area contributed by atoms with Crippen molar-refractivity contribution in [2.45, 2.75) is 19.4 Å². The summed E-state index contributed by atoms with van der Waals surface area (Å²) in [5.41, 5.74) is 9.40. The number of aryl methyl sites for hydroxylation is 1. The fourth-order valence-corrected chi connectivity index (χ4v) is 1.86.